The van der Waals surface area contributed by atoms with Crippen molar-refractivity contribution >= 4 is 0 Å². The maximum absolute atomic E-state index is 5.81. The molecule has 0 bridgehead atoms. The van der Waals surface area contributed by atoms with E-state index in [2.05, 4.69) is 48.5 Å². The Hall–Kier alpha value is -2.52. The van der Waals surface area contributed by atoms with Crippen LogP contribution in [-0.4, -0.2) is 14.2 Å². The lowest BCUT2D eigenvalue weighted by Crippen LogP contribution is -1.95. The zero-order chi connectivity index (χ0) is 17.7. The summed E-state index contributed by atoms with van der Waals surface area (Å²) in [4.78, 5) is 0. The van der Waals surface area contributed by atoms with Crippen LogP contribution in [0.1, 0.15) is 22.3 Å². The molecular weight excluding hydrogens is 312 g/mol. The van der Waals surface area contributed by atoms with Crippen LogP contribution in [-0.2, 0) is 40.3 Å². The quantitative estimate of drug-likeness (QED) is 0.582. The molecule has 3 nitrogen and oxygen atoms in total. The summed E-state index contributed by atoms with van der Waals surface area (Å²) in [6.45, 7) is 1.24. The highest BCUT2D eigenvalue weighted by Crippen LogP contribution is 2.10. The van der Waals surface area contributed by atoms with E-state index >= 15 is 0 Å². The van der Waals surface area contributed by atoms with E-state index in [0.717, 1.165) is 12.8 Å². The Morgan fingerprint density at radius 3 is 1.32 bits per heavy atom. The third-order valence-electron chi connectivity index (χ3n) is 3.76. The van der Waals surface area contributed by atoms with Crippen molar-refractivity contribution in [1.82, 2.24) is 0 Å². The van der Waals surface area contributed by atoms with Gasteiger partial charge in [0.1, 0.15) is 0 Å². The number of allylic oxidation sites excluding steroid dienone is 2. The molecule has 0 fully saturated rings. The van der Waals surface area contributed by atoms with Gasteiger partial charge in [-0.05, 0) is 47.2 Å². The number of ether oxygens (including phenoxy) is 3. The molecule has 0 spiro atoms. The summed E-state index contributed by atoms with van der Waals surface area (Å²) in [5.74, 6) is 0. The number of rotatable bonds is 10. The lowest BCUT2D eigenvalue weighted by Gasteiger charge is -2.06. The first-order valence-electron chi connectivity index (χ1n) is 8.41. The smallest absolute Gasteiger partial charge is 0.0788 e. The molecule has 2 rings (SSSR count). The number of methoxy groups -OCH3 is 2. The Morgan fingerprint density at radius 2 is 0.960 bits per heavy atom. The molecule has 2 aromatic carbocycles. The van der Waals surface area contributed by atoms with E-state index in [1.165, 1.54) is 22.3 Å². The van der Waals surface area contributed by atoms with Gasteiger partial charge in [-0.2, -0.15) is 0 Å². The third kappa shape index (κ3) is 7.27. The minimum atomic E-state index is 0.618. The number of hydrogen-bond acceptors (Lipinski definition) is 3. The zero-order valence-electron chi connectivity index (χ0n) is 15.0. The van der Waals surface area contributed by atoms with Crippen molar-refractivity contribution in [1.29, 1.82) is 0 Å². The predicted molar refractivity (Wildman–Crippen MR) is 101 cm³/mol. The van der Waals surface area contributed by atoms with E-state index in [-0.39, 0.29) is 0 Å². The molecule has 0 saturated heterocycles. The largest absolute Gasteiger partial charge is 0.505 e. The Bertz CT molecular complexity index is 595. The van der Waals surface area contributed by atoms with Gasteiger partial charge in [0, 0.05) is 0 Å². The Morgan fingerprint density at radius 1 is 0.600 bits per heavy atom. The molecule has 3 heteroatoms. The highest BCUT2D eigenvalue weighted by molar-refractivity contribution is 5.25. The third-order valence-corrected chi connectivity index (χ3v) is 3.76. The highest BCUT2D eigenvalue weighted by Gasteiger charge is 1.97. The molecule has 2 aromatic rings. The van der Waals surface area contributed by atoms with Crippen LogP contribution in [0.15, 0.2) is 73.2 Å². The molecule has 132 valence electrons. The summed E-state index contributed by atoms with van der Waals surface area (Å²) in [7, 11) is 3.31. The fourth-order valence-corrected chi connectivity index (χ4v) is 2.39. The molecule has 0 aliphatic carbocycles. The minimum Gasteiger partial charge on any atom is -0.505 e. The number of hydrogen-bond donors (Lipinski definition) is 0. The van der Waals surface area contributed by atoms with Gasteiger partial charge in [-0.25, -0.2) is 0 Å². The van der Waals surface area contributed by atoms with Gasteiger partial charge in [-0.15, -0.1) is 0 Å². The first-order chi connectivity index (χ1) is 12.3. The molecule has 0 unspecified atom stereocenters. The molecule has 0 aliphatic rings. The van der Waals surface area contributed by atoms with Crippen LogP contribution in [0, 0.1) is 0 Å². The topological polar surface area (TPSA) is 27.7 Å². The number of benzene rings is 2. The van der Waals surface area contributed by atoms with Crippen LogP contribution >= 0.6 is 0 Å². The molecule has 0 N–H and O–H groups in total. The van der Waals surface area contributed by atoms with E-state index in [0.29, 0.717) is 13.2 Å². The minimum absolute atomic E-state index is 0.618. The lowest BCUT2D eigenvalue weighted by molar-refractivity contribution is 0.107. The second-order valence-electron chi connectivity index (χ2n) is 5.75. The van der Waals surface area contributed by atoms with Crippen molar-refractivity contribution in [3.8, 4) is 0 Å². The van der Waals surface area contributed by atoms with Crippen molar-refractivity contribution in [2.45, 2.75) is 26.1 Å². The predicted octanol–water partition coefficient (Wildman–Crippen LogP) is 4.81. The van der Waals surface area contributed by atoms with Crippen LogP contribution in [0.5, 0.6) is 0 Å². The standard InChI is InChI=1S/C22H26O3/c1-23-15-3-5-19-7-11-21(12-8-19)17-25-18-22-13-9-20(10-14-22)6-4-16-24-2/h3-4,7-16H,5-6,17-18H2,1-2H3. The van der Waals surface area contributed by atoms with Crippen LogP contribution in [0.3, 0.4) is 0 Å². The summed E-state index contributed by atoms with van der Waals surface area (Å²) < 4.78 is 15.6. The van der Waals surface area contributed by atoms with Crippen molar-refractivity contribution in [3.63, 3.8) is 0 Å². The molecule has 0 atom stereocenters. The molecular formula is C22H26O3. The highest BCUT2D eigenvalue weighted by atomic mass is 16.5. The summed E-state index contributed by atoms with van der Waals surface area (Å²) >= 11 is 0. The van der Waals surface area contributed by atoms with Crippen LogP contribution in [0.4, 0.5) is 0 Å². The van der Waals surface area contributed by atoms with Crippen LogP contribution in [0.25, 0.3) is 0 Å². The van der Waals surface area contributed by atoms with Crippen LogP contribution < -0.4 is 0 Å². The molecule has 25 heavy (non-hydrogen) atoms. The van der Waals surface area contributed by atoms with E-state index in [4.69, 9.17) is 14.2 Å². The summed E-state index contributed by atoms with van der Waals surface area (Å²) in [6, 6.07) is 17.0. The van der Waals surface area contributed by atoms with Gasteiger partial charge in [-0.1, -0.05) is 48.5 Å². The van der Waals surface area contributed by atoms with Gasteiger partial charge in [-0.3, -0.25) is 0 Å². The molecule has 0 aliphatic heterocycles. The Kier molecular flexibility index (Phi) is 8.36. The van der Waals surface area contributed by atoms with Crippen molar-refractivity contribution < 1.29 is 14.2 Å². The average Bonchev–Trinajstić information content (AvgIpc) is 2.65. The summed E-state index contributed by atoms with van der Waals surface area (Å²) in [5.41, 5.74) is 4.88. The molecule has 0 saturated carbocycles. The fourth-order valence-electron chi connectivity index (χ4n) is 2.39. The van der Waals surface area contributed by atoms with Gasteiger partial charge in [0.25, 0.3) is 0 Å². The van der Waals surface area contributed by atoms with Gasteiger partial charge in [0.2, 0.25) is 0 Å². The van der Waals surface area contributed by atoms with E-state index < -0.39 is 0 Å². The summed E-state index contributed by atoms with van der Waals surface area (Å²) in [6.07, 6.45) is 9.16. The summed E-state index contributed by atoms with van der Waals surface area (Å²) in [5, 5.41) is 0. The monoisotopic (exact) mass is 338 g/mol. The first-order valence-corrected chi connectivity index (χ1v) is 8.41. The van der Waals surface area contributed by atoms with Gasteiger partial charge < -0.3 is 14.2 Å². The molecule has 0 heterocycles. The van der Waals surface area contributed by atoms with Crippen molar-refractivity contribution in [2.75, 3.05) is 14.2 Å². The lowest BCUT2D eigenvalue weighted by atomic mass is 10.1. The SMILES string of the molecule is COC=CCc1ccc(COCc2ccc(CC=COC)cc2)cc1. The van der Waals surface area contributed by atoms with E-state index in [1.54, 1.807) is 26.7 Å². The van der Waals surface area contributed by atoms with Crippen LogP contribution in [0.2, 0.25) is 0 Å². The Labute approximate surface area is 150 Å². The average molecular weight is 338 g/mol. The fraction of sp³-hybridized carbons (Fsp3) is 0.273. The van der Waals surface area contributed by atoms with Gasteiger partial charge >= 0.3 is 0 Å². The molecule has 0 amide bonds. The van der Waals surface area contributed by atoms with E-state index in [9.17, 15) is 0 Å². The van der Waals surface area contributed by atoms with Crippen molar-refractivity contribution in [3.05, 3.63) is 95.5 Å². The van der Waals surface area contributed by atoms with Crippen molar-refractivity contribution in [2.24, 2.45) is 0 Å². The van der Waals surface area contributed by atoms with Gasteiger partial charge in [0.15, 0.2) is 0 Å². The van der Waals surface area contributed by atoms with E-state index in [1.807, 2.05) is 12.2 Å². The Balaban J connectivity index is 1.74. The second-order valence-corrected chi connectivity index (χ2v) is 5.75. The normalized spacial score (nSPS) is 11.3. The molecule has 0 aromatic heterocycles. The maximum atomic E-state index is 5.81. The maximum Gasteiger partial charge on any atom is 0.0788 e. The zero-order valence-corrected chi connectivity index (χ0v) is 15.0. The van der Waals surface area contributed by atoms with Gasteiger partial charge in [0.05, 0.1) is 40.0 Å². The first kappa shape index (κ1) is 18.8. The second kappa shape index (κ2) is 11.1. The molecule has 0 radical (unpaired) electrons.